The van der Waals surface area contributed by atoms with Crippen LogP contribution in [0.25, 0.3) is 0 Å². The number of carbonyl (C=O) groups excluding carboxylic acids is 1. The van der Waals surface area contributed by atoms with Gasteiger partial charge in [-0.05, 0) is 87.6 Å². The summed E-state index contributed by atoms with van der Waals surface area (Å²) in [6.07, 6.45) is 10.8. The van der Waals surface area contributed by atoms with Crippen molar-refractivity contribution in [2.45, 2.75) is 76.3 Å². The SMILES string of the molecule is CCOC(=O)c1ccc(OC2CCCC2N2CCCC3(CCC3)C2)cc1CCl. The van der Waals surface area contributed by atoms with E-state index in [0.29, 0.717) is 23.6 Å². The smallest absolute Gasteiger partial charge is 0.338 e. The van der Waals surface area contributed by atoms with Gasteiger partial charge in [0.15, 0.2) is 0 Å². The van der Waals surface area contributed by atoms with E-state index in [0.717, 1.165) is 17.7 Å². The highest BCUT2D eigenvalue weighted by molar-refractivity contribution is 6.17. The van der Waals surface area contributed by atoms with Gasteiger partial charge in [-0.3, -0.25) is 4.90 Å². The van der Waals surface area contributed by atoms with E-state index in [9.17, 15) is 4.79 Å². The molecular weight excluding hydrogens is 374 g/mol. The minimum absolute atomic E-state index is 0.229. The molecular formula is C23H32ClNO3. The highest BCUT2D eigenvalue weighted by atomic mass is 35.5. The number of hydrogen-bond donors (Lipinski definition) is 0. The normalized spacial score (nSPS) is 26.8. The molecule has 5 heteroatoms. The zero-order chi connectivity index (χ0) is 19.6. The van der Waals surface area contributed by atoms with Crippen molar-refractivity contribution < 1.29 is 14.3 Å². The predicted octanol–water partition coefficient (Wildman–Crippen LogP) is 5.17. The van der Waals surface area contributed by atoms with Gasteiger partial charge in [-0.15, -0.1) is 11.6 Å². The molecule has 0 radical (unpaired) electrons. The van der Waals surface area contributed by atoms with Crippen LogP contribution in [0.2, 0.25) is 0 Å². The highest BCUT2D eigenvalue weighted by Gasteiger charge is 2.44. The predicted molar refractivity (Wildman–Crippen MR) is 111 cm³/mol. The van der Waals surface area contributed by atoms with Crippen molar-refractivity contribution in [2.24, 2.45) is 5.41 Å². The first kappa shape index (κ1) is 20.0. The second-order valence-corrected chi connectivity index (χ2v) is 9.02. The van der Waals surface area contributed by atoms with Gasteiger partial charge in [0.1, 0.15) is 11.9 Å². The fourth-order valence-corrected chi connectivity index (χ4v) is 5.63. The molecule has 1 aromatic rings. The molecule has 1 aromatic carbocycles. The van der Waals surface area contributed by atoms with E-state index >= 15 is 0 Å². The molecule has 154 valence electrons. The van der Waals surface area contributed by atoms with Gasteiger partial charge in [-0.1, -0.05) is 6.42 Å². The summed E-state index contributed by atoms with van der Waals surface area (Å²) >= 11 is 6.10. The van der Waals surface area contributed by atoms with Gasteiger partial charge < -0.3 is 9.47 Å². The molecule has 2 unspecified atom stereocenters. The minimum atomic E-state index is -0.317. The lowest BCUT2D eigenvalue weighted by Crippen LogP contribution is -2.53. The van der Waals surface area contributed by atoms with Gasteiger partial charge >= 0.3 is 5.97 Å². The van der Waals surface area contributed by atoms with Crippen LogP contribution in [-0.2, 0) is 10.6 Å². The van der Waals surface area contributed by atoms with Crippen LogP contribution in [0, 0.1) is 5.41 Å². The summed E-state index contributed by atoms with van der Waals surface area (Å²) in [6.45, 7) is 4.64. The first-order valence-electron chi connectivity index (χ1n) is 10.9. The molecule has 2 atom stereocenters. The largest absolute Gasteiger partial charge is 0.489 e. The standard InChI is InChI=1S/C23H32ClNO3/c1-2-27-22(26)19-9-8-18(14-17(19)15-24)28-21-7-3-6-20(21)25-13-5-12-23(16-25)10-4-11-23/h8-9,14,20-21H,2-7,10-13,15-16H2,1H3. The average molecular weight is 406 g/mol. The molecule has 0 bridgehead atoms. The Labute approximate surface area is 173 Å². The third-order valence-corrected chi connectivity index (χ3v) is 7.28. The average Bonchev–Trinajstić information content (AvgIpc) is 3.15. The highest BCUT2D eigenvalue weighted by Crippen LogP contribution is 2.48. The summed E-state index contributed by atoms with van der Waals surface area (Å²) in [5.74, 6) is 0.771. The second kappa shape index (κ2) is 8.62. The van der Waals surface area contributed by atoms with E-state index in [1.807, 2.05) is 19.1 Å². The second-order valence-electron chi connectivity index (χ2n) is 8.76. The van der Waals surface area contributed by atoms with Crippen LogP contribution >= 0.6 is 11.6 Å². The molecule has 4 rings (SSSR count). The number of rotatable bonds is 6. The topological polar surface area (TPSA) is 38.8 Å². The van der Waals surface area contributed by atoms with E-state index in [2.05, 4.69) is 4.90 Å². The molecule has 1 spiro atoms. The van der Waals surface area contributed by atoms with Crippen molar-refractivity contribution in [2.75, 3.05) is 19.7 Å². The minimum Gasteiger partial charge on any atom is -0.489 e. The van der Waals surface area contributed by atoms with Crippen molar-refractivity contribution in [3.63, 3.8) is 0 Å². The van der Waals surface area contributed by atoms with Gasteiger partial charge in [-0.25, -0.2) is 4.79 Å². The number of ether oxygens (including phenoxy) is 2. The molecule has 3 aliphatic rings. The number of nitrogens with zero attached hydrogens (tertiary/aromatic N) is 1. The summed E-state index contributed by atoms with van der Waals surface area (Å²) in [4.78, 5) is 14.8. The summed E-state index contributed by atoms with van der Waals surface area (Å²) in [6, 6.07) is 6.11. The number of piperidine rings is 1. The Kier molecular flexibility index (Phi) is 6.17. The Hall–Kier alpha value is -1.26. The summed E-state index contributed by atoms with van der Waals surface area (Å²) < 4.78 is 11.6. The van der Waals surface area contributed by atoms with Gasteiger partial charge in [0.05, 0.1) is 12.2 Å². The number of carbonyl (C=O) groups is 1. The van der Waals surface area contributed by atoms with Crippen LogP contribution in [0.3, 0.4) is 0 Å². The summed E-state index contributed by atoms with van der Waals surface area (Å²) in [7, 11) is 0. The van der Waals surface area contributed by atoms with Crippen molar-refractivity contribution in [1.29, 1.82) is 0 Å². The first-order chi connectivity index (χ1) is 13.6. The van der Waals surface area contributed by atoms with Gasteiger partial charge in [0.25, 0.3) is 0 Å². The molecule has 0 N–H and O–H groups in total. The lowest BCUT2D eigenvalue weighted by Gasteiger charge is -2.51. The summed E-state index contributed by atoms with van der Waals surface area (Å²) in [5.41, 5.74) is 1.92. The number of benzene rings is 1. The van der Waals surface area contributed by atoms with E-state index < -0.39 is 0 Å². The third kappa shape index (κ3) is 4.04. The van der Waals surface area contributed by atoms with Crippen molar-refractivity contribution >= 4 is 17.6 Å². The molecule has 2 saturated carbocycles. The van der Waals surface area contributed by atoms with E-state index in [4.69, 9.17) is 21.1 Å². The fourth-order valence-electron chi connectivity index (χ4n) is 5.41. The molecule has 1 aliphatic heterocycles. The van der Waals surface area contributed by atoms with Gasteiger partial charge in [-0.2, -0.15) is 0 Å². The maximum absolute atomic E-state index is 12.1. The van der Waals surface area contributed by atoms with E-state index in [1.165, 1.54) is 58.0 Å². The molecule has 3 fully saturated rings. The number of likely N-dealkylation sites (tertiary alicyclic amines) is 1. The zero-order valence-corrected chi connectivity index (χ0v) is 17.7. The molecule has 1 heterocycles. The van der Waals surface area contributed by atoms with Crippen molar-refractivity contribution in [1.82, 2.24) is 4.90 Å². The first-order valence-corrected chi connectivity index (χ1v) is 11.4. The van der Waals surface area contributed by atoms with Crippen LogP contribution in [0.1, 0.15) is 74.2 Å². The monoisotopic (exact) mass is 405 g/mol. The lowest BCUT2D eigenvalue weighted by molar-refractivity contribution is -0.0207. The van der Waals surface area contributed by atoms with Crippen LogP contribution in [0.4, 0.5) is 0 Å². The van der Waals surface area contributed by atoms with E-state index in [-0.39, 0.29) is 18.0 Å². The molecule has 1 saturated heterocycles. The Morgan fingerprint density at radius 1 is 1.21 bits per heavy atom. The Morgan fingerprint density at radius 2 is 2.04 bits per heavy atom. The Morgan fingerprint density at radius 3 is 2.75 bits per heavy atom. The number of hydrogen-bond acceptors (Lipinski definition) is 4. The molecule has 2 aliphatic carbocycles. The van der Waals surface area contributed by atoms with Crippen LogP contribution in [0.15, 0.2) is 18.2 Å². The lowest BCUT2D eigenvalue weighted by atomic mass is 9.64. The maximum Gasteiger partial charge on any atom is 0.338 e. The quantitative estimate of drug-likeness (QED) is 0.483. The molecule has 0 amide bonds. The van der Waals surface area contributed by atoms with Crippen molar-refractivity contribution in [3.8, 4) is 5.75 Å². The molecule has 4 nitrogen and oxygen atoms in total. The number of alkyl halides is 1. The zero-order valence-electron chi connectivity index (χ0n) is 16.9. The number of esters is 1. The molecule has 28 heavy (non-hydrogen) atoms. The Balaban J connectivity index is 1.45. The molecule has 0 aromatic heterocycles. The van der Waals surface area contributed by atoms with Crippen LogP contribution in [0.5, 0.6) is 5.75 Å². The van der Waals surface area contributed by atoms with Gasteiger partial charge in [0.2, 0.25) is 0 Å². The summed E-state index contributed by atoms with van der Waals surface area (Å²) in [5, 5.41) is 0. The van der Waals surface area contributed by atoms with Crippen LogP contribution in [-0.4, -0.2) is 42.7 Å². The van der Waals surface area contributed by atoms with Crippen LogP contribution < -0.4 is 4.74 Å². The van der Waals surface area contributed by atoms with E-state index in [1.54, 1.807) is 6.07 Å². The third-order valence-electron chi connectivity index (χ3n) is 7.00. The maximum atomic E-state index is 12.1. The Bertz CT molecular complexity index is 703. The fraction of sp³-hybridized carbons (Fsp3) is 0.696. The van der Waals surface area contributed by atoms with Crippen molar-refractivity contribution in [3.05, 3.63) is 29.3 Å². The number of halogens is 1. The van der Waals surface area contributed by atoms with Gasteiger partial charge in [0, 0.05) is 18.5 Å².